The fraction of sp³-hybridized carbons (Fsp3) is 0.333. The number of amides is 1. The minimum absolute atomic E-state index is 0.0695. The number of benzene rings is 1. The Labute approximate surface area is 183 Å². The van der Waals surface area contributed by atoms with Gasteiger partial charge in [0.1, 0.15) is 12.1 Å². The van der Waals surface area contributed by atoms with E-state index >= 15 is 0 Å². The zero-order chi connectivity index (χ0) is 23.3. The molecule has 2 heterocycles. The standard InChI is InChI=1S/C21H26N6O5/c1-11(26-17(20(29)30)7-13-9-23-10-25-13)18(21(31)32)27-19(28)15(22)6-12-8-24-16-5-3-2-4-14(12)16/h2-5,8-11,15,17-18,24,26H,6-7,22H2,1H3,(H,23,25)(H,27,28)(H,29,30)(H,31,32)/t11-,15+,17+,18+/m1/s1. The normalized spacial score (nSPS) is 15.1. The van der Waals surface area contributed by atoms with E-state index in [0.717, 1.165) is 16.5 Å². The number of nitrogens with two attached hydrogens (primary N) is 1. The van der Waals surface area contributed by atoms with Crippen molar-refractivity contribution in [3.8, 4) is 0 Å². The predicted octanol–water partition coefficient (Wildman–Crippen LogP) is 0.00420. The molecule has 11 nitrogen and oxygen atoms in total. The quantitative estimate of drug-likeness (QED) is 0.216. The summed E-state index contributed by atoms with van der Waals surface area (Å²) in [5.74, 6) is -3.10. The van der Waals surface area contributed by atoms with Crippen LogP contribution in [0.15, 0.2) is 43.0 Å². The van der Waals surface area contributed by atoms with Crippen molar-refractivity contribution in [2.45, 2.75) is 43.9 Å². The molecule has 3 rings (SSSR count). The number of carbonyl (C=O) groups excluding carboxylic acids is 1. The van der Waals surface area contributed by atoms with E-state index < -0.39 is 42.0 Å². The Morgan fingerprint density at radius 1 is 1.12 bits per heavy atom. The Hall–Kier alpha value is -3.70. The van der Waals surface area contributed by atoms with Crippen LogP contribution in [0.5, 0.6) is 0 Å². The Morgan fingerprint density at radius 2 is 1.88 bits per heavy atom. The molecule has 1 aromatic carbocycles. The summed E-state index contributed by atoms with van der Waals surface area (Å²) in [5.41, 5.74) is 8.37. The molecule has 0 bridgehead atoms. The topological polar surface area (TPSA) is 186 Å². The maximum absolute atomic E-state index is 12.6. The average molecular weight is 442 g/mol. The maximum Gasteiger partial charge on any atom is 0.327 e. The molecule has 8 N–H and O–H groups in total. The zero-order valence-corrected chi connectivity index (χ0v) is 17.4. The third-order valence-corrected chi connectivity index (χ3v) is 5.26. The third kappa shape index (κ3) is 5.50. The summed E-state index contributed by atoms with van der Waals surface area (Å²) in [6.07, 6.45) is 4.96. The summed E-state index contributed by atoms with van der Waals surface area (Å²) in [4.78, 5) is 45.8. The Balaban J connectivity index is 1.64. The monoisotopic (exact) mass is 442 g/mol. The van der Waals surface area contributed by atoms with Crippen molar-refractivity contribution in [2.24, 2.45) is 5.73 Å². The van der Waals surface area contributed by atoms with Gasteiger partial charge < -0.3 is 31.2 Å². The number of H-pyrrole nitrogens is 2. The molecule has 0 unspecified atom stereocenters. The number of fused-ring (bicyclic) bond motifs is 1. The molecule has 1 amide bonds. The van der Waals surface area contributed by atoms with Gasteiger partial charge in [0.15, 0.2) is 0 Å². The number of carboxylic acids is 2. The number of hydrogen-bond donors (Lipinski definition) is 7. The smallest absolute Gasteiger partial charge is 0.327 e. The predicted molar refractivity (Wildman–Crippen MR) is 116 cm³/mol. The molecule has 0 fully saturated rings. The third-order valence-electron chi connectivity index (χ3n) is 5.26. The van der Waals surface area contributed by atoms with Gasteiger partial charge in [0.05, 0.1) is 12.4 Å². The van der Waals surface area contributed by atoms with Crippen molar-refractivity contribution >= 4 is 28.7 Å². The fourth-order valence-electron chi connectivity index (χ4n) is 3.54. The molecule has 0 aliphatic heterocycles. The molecule has 170 valence electrons. The van der Waals surface area contributed by atoms with Gasteiger partial charge in [0, 0.05) is 41.5 Å². The van der Waals surface area contributed by atoms with Gasteiger partial charge >= 0.3 is 11.9 Å². The lowest BCUT2D eigenvalue weighted by Gasteiger charge is -2.26. The van der Waals surface area contributed by atoms with E-state index in [1.54, 1.807) is 6.20 Å². The van der Waals surface area contributed by atoms with Gasteiger partial charge in [-0.15, -0.1) is 0 Å². The molecular formula is C21H26N6O5. The van der Waals surface area contributed by atoms with E-state index in [1.165, 1.54) is 19.4 Å². The summed E-state index contributed by atoms with van der Waals surface area (Å²) in [5, 5.41) is 25.2. The first kappa shape index (κ1) is 23.0. The Morgan fingerprint density at radius 3 is 2.53 bits per heavy atom. The summed E-state index contributed by atoms with van der Waals surface area (Å²) in [7, 11) is 0. The lowest BCUT2D eigenvalue weighted by Crippen LogP contribution is -2.59. The highest BCUT2D eigenvalue weighted by atomic mass is 16.4. The number of rotatable bonds is 11. The zero-order valence-electron chi connectivity index (χ0n) is 17.4. The summed E-state index contributed by atoms with van der Waals surface area (Å²) < 4.78 is 0. The number of imidazole rings is 1. The van der Waals surface area contributed by atoms with Crippen LogP contribution >= 0.6 is 0 Å². The molecule has 32 heavy (non-hydrogen) atoms. The van der Waals surface area contributed by atoms with Crippen molar-refractivity contribution in [1.82, 2.24) is 25.6 Å². The van der Waals surface area contributed by atoms with Gasteiger partial charge in [-0.2, -0.15) is 0 Å². The molecule has 3 aromatic rings. The minimum atomic E-state index is -1.37. The number of hydrogen-bond acceptors (Lipinski definition) is 6. The average Bonchev–Trinajstić information content (AvgIpc) is 3.41. The van der Waals surface area contributed by atoms with E-state index in [-0.39, 0.29) is 12.8 Å². The van der Waals surface area contributed by atoms with Crippen LogP contribution in [0, 0.1) is 0 Å². The highest BCUT2D eigenvalue weighted by molar-refractivity contribution is 5.89. The second-order valence-corrected chi connectivity index (χ2v) is 7.62. The number of para-hydroxylation sites is 1. The molecule has 4 atom stereocenters. The van der Waals surface area contributed by atoms with Crippen molar-refractivity contribution in [3.63, 3.8) is 0 Å². The van der Waals surface area contributed by atoms with Crippen LogP contribution in [0.1, 0.15) is 18.2 Å². The van der Waals surface area contributed by atoms with Crippen LogP contribution < -0.4 is 16.4 Å². The van der Waals surface area contributed by atoms with Crippen LogP contribution in [0.2, 0.25) is 0 Å². The van der Waals surface area contributed by atoms with Crippen molar-refractivity contribution in [2.75, 3.05) is 0 Å². The Kier molecular flexibility index (Phi) is 7.23. The van der Waals surface area contributed by atoms with Gasteiger partial charge in [-0.25, -0.2) is 9.78 Å². The minimum Gasteiger partial charge on any atom is -0.480 e. The second kappa shape index (κ2) is 10.1. The maximum atomic E-state index is 12.6. The van der Waals surface area contributed by atoms with E-state index in [4.69, 9.17) is 5.73 Å². The molecule has 0 saturated carbocycles. The Bertz CT molecular complexity index is 1080. The first-order valence-electron chi connectivity index (χ1n) is 10.1. The number of aromatic nitrogens is 3. The number of aromatic amines is 2. The summed E-state index contributed by atoms with van der Waals surface area (Å²) in [6.45, 7) is 1.49. The number of nitrogens with one attached hydrogen (secondary N) is 4. The molecule has 0 spiro atoms. The van der Waals surface area contributed by atoms with E-state index in [0.29, 0.717) is 5.69 Å². The number of aliphatic carboxylic acids is 2. The van der Waals surface area contributed by atoms with Gasteiger partial charge in [-0.3, -0.25) is 14.9 Å². The van der Waals surface area contributed by atoms with Crippen LogP contribution in [-0.2, 0) is 27.2 Å². The van der Waals surface area contributed by atoms with Crippen molar-refractivity contribution in [3.05, 3.63) is 54.2 Å². The first-order valence-corrected chi connectivity index (χ1v) is 10.1. The summed E-state index contributed by atoms with van der Waals surface area (Å²) in [6, 6.07) is 3.25. The van der Waals surface area contributed by atoms with Gasteiger partial charge in [0.2, 0.25) is 5.91 Å². The van der Waals surface area contributed by atoms with Crippen LogP contribution in [0.25, 0.3) is 10.9 Å². The van der Waals surface area contributed by atoms with Crippen molar-refractivity contribution < 1.29 is 24.6 Å². The van der Waals surface area contributed by atoms with Gasteiger partial charge in [0.25, 0.3) is 0 Å². The summed E-state index contributed by atoms with van der Waals surface area (Å²) >= 11 is 0. The molecule has 0 saturated heterocycles. The SMILES string of the molecule is C[C@@H](N[C@@H](Cc1cnc[nH]1)C(=O)O)[C@H](NC(=O)[C@@H](N)Cc1c[nH]c2ccccc12)C(=O)O. The largest absolute Gasteiger partial charge is 0.480 e. The van der Waals surface area contributed by atoms with E-state index in [1.807, 2.05) is 24.3 Å². The van der Waals surface area contributed by atoms with Crippen LogP contribution in [-0.4, -0.2) is 67.2 Å². The van der Waals surface area contributed by atoms with Crippen LogP contribution in [0.4, 0.5) is 0 Å². The fourth-order valence-corrected chi connectivity index (χ4v) is 3.54. The molecule has 0 aliphatic carbocycles. The lowest BCUT2D eigenvalue weighted by atomic mass is 10.0. The van der Waals surface area contributed by atoms with Gasteiger partial charge in [-0.1, -0.05) is 18.2 Å². The number of nitrogens with zero attached hydrogens (tertiary/aromatic N) is 1. The highest BCUT2D eigenvalue weighted by Crippen LogP contribution is 2.18. The highest BCUT2D eigenvalue weighted by Gasteiger charge is 2.32. The lowest BCUT2D eigenvalue weighted by molar-refractivity contribution is -0.144. The molecule has 0 radical (unpaired) electrons. The van der Waals surface area contributed by atoms with Crippen molar-refractivity contribution in [1.29, 1.82) is 0 Å². The second-order valence-electron chi connectivity index (χ2n) is 7.62. The van der Waals surface area contributed by atoms with E-state index in [9.17, 15) is 24.6 Å². The molecule has 0 aliphatic rings. The van der Waals surface area contributed by atoms with E-state index in [2.05, 4.69) is 25.6 Å². The number of carboxylic acid groups (broad SMARTS) is 2. The van der Waals surface area contributed by atoms with Gasteiger partial charge in [-0.05, 0) is 25.0 Å². The first-order chi connectivity index (χ1) is 15.3. The number of carbonyl (C=O) groups is 3. The molecule has 11 heteroatoms. The molecule has 2 aromatic heterocycles. The molecular weight excluding hydrogens is 416 g/mol. The van der Waals surface area contributed by atoms with Crippen LogP contribution in [0.3, 0.4) is 0 Å².